The van der Waals surface area contributed by atoms with Crippen LogP contribution in [0.3, 0.4) is 0 Å². The maximum atomic E-state index is 12.2. The van der Waals surface area contributed by atoms with Gasteiger partial charge < -0.3 is 20.1 Å². The summed E-state index contributed by atoms with van der Waals surface area (Å²) in [5.41, 5.74) is 1.72. The van der Waals surface area contributed by atoms with Gasteiger partial charge in [-0.3, -0.25) is 9.89 Å². The van der Waals surface area contributed by atoms with E-state index in [1.54, 1.807) is 25.4 Å². The highest BCUT2D eigenvalue weighted by Crippen LogP contribution is 2.35. The van der Waals surface area contributed by atoms with E-state index in [9.17, 15) is 9.59 Å². The first-order valence-corrected chi connectivity index (χ1v) is 9.86. The average molecular weight is 401 g/mol. The number of pyridine rings is 1. The zero-order chi connectivity index (χ0) is 20.6. The fourth-order valence-corrected chi connectivity index (χ4v) is 3.37. The molecule has 1 aliphatic rings. The van der Waals surface area contributed by atoms with E-state index in [-0.39, 0.29) is 30.4 Å². The van der Waals surface area contributed by atoms with Gasteiger partial charge >= 0.3 is 6.09 Å². The maximum absolute atomic E-state index is 12.2. The number of carbonyl (C=O) groups is 2. The van der Waals surface area contributed by atoms with Gasteiger partial charge in [0, 0.05) is 36.5 Å². The Hall–Kier alpha value is -3.10. The lowest BCUT2D eigenvalue weighted by atomic mass is 10.0. The van der Waals surface area contributed by atoms with Crippen LogP contribution in [0.2, 0.25) is 0 Å². The smallest absolute Gasteiger partial charge is 0.407 e. The van der Waals surface area contributed by atoms with Gasteiger partial charge in [-0.1, -0.05) is 13.0 Å². The second kappa shape index (κ2) is 9.90. The molecule has 0 aromatic carbocycles. The zero-order valence-corrected chi connectivity index (χ0v) is 16.7. The molecule has 0 saturated heterocycles. The van der Waals surface area contributed by atoms with Crippen LogP contribution in [0, 0.1) is 0 Å². The molecule has 2 amide bonds. The topological polar surface area (TPSA) is 118 Å². The van der Waals surface area contributed by atoms with Crippen LogP contribution in [0.5, 0.6) is 5.88 Å². The zero-order valence-electron chi connectivity index (χ0n) is 16.7. The fraction of sp³-hybridized carbons (Fsp3) is 0.500. The molecule has 0 spiro atoms. The van der Waals surface area contributed by atoms with Gasteiger partial charge in [0.05, 0.1) is 13.5 Å². The molecule has 0 aliphatic heterocycles. The molecular weight excluding hydrogens is 374 g/mol. The summed E-state index contributed by atoms with van der Waals surface area (Å²) in [5, 5.41) is 12.7. The molecular formula is C20H27N5O4. The number of rotatable bonds is 8. The number of hydrogen-bond acceptors (Lipinski definition) is 6. The minimum Gasteiger partial charge on any atom is -0.481 e. The summed E-state index contributed by atoms with van der Waals surface area (Å²) in [6, 6.07) is 5.36. The SMILES string of the molecule is CCCNC(=O)O[C@H]1CC[C@@H](c2cc(NC(=O)Cc3ccc(OC)nc3)n[nH]2)C1. The number of nitrogens with zero attached hydrogens (tertiary/aromatic N) is 2. The van der Waals surface area contributed by atoms with Crippen molar-refractivity contribution in [3.05, 3.63) is 35.7 Å². The lowest BCUT2D eigenvalue weighted by Crippen LogP contribution is -2.28. The molecule has 9 nitrogen and oxygen atoms in total. The fourth-order valence-electron chi connectivity index (χ4n) is 3.37. The predicted molar refractivity (Wildman–Crippen MR) is 107 cm³/mol. The molecule has 2 atom stereocenters. The Kier molecular flexibility index (Phi) is 7.04. The molecule has 1 aliphatic carbocycles. The number of methoxy groups -OCH3 is 1. The highest BCUT2D eigenvalue weighted by molar-refractivity contribution is 5.91. The molecule has 1 fully saturated rings. The third kappa shape index (κ3) is 5.94. The van der Waals surface area contributed by atoms with E-state index in [1.807, 2.05) is 13.0 Å². The average Bonchev–Trinajstić information content (AvgIpc) is 3.36. The van der Waals surface area contributed by atoms with Crippen molar-refractivity contribution in [1.29, 1.82) is 0 Å². The van der Waals surface area contributed by atoms with Crippen LogP contribution in [0.25, 0.3) is 0 Å². The van der Waals surface area contributed by atoms with E-state index < -0.39 is 0 Å². The van der Waals surface area contributed by atoms with Crippen LogP contribution < -0.4 is 15.4 Å². The van der Waals surface area contributed by atoms with Crippen LogP contribution >= 0.6 is 0 Å². The van der Waals surface area contributed by atoms with Crippen LogP contribution in [0.15, 0.2) is 24.4 Å². The summed E-state index contributed by atoms with van der Waals surface area (Å²) in [7, 11) is 1.55. The van der Waals surface area contributed by atoms with Gasteiger partial charge in [-0.15, -0.1) is 0 Å². The number of aromatic nitrogens is 3. The van der Waals surface area contributed by atoms with E-state index in [0.29, 0.717) is 18.2 Å². The maximum Gasteiger partial charge on any atom is 0.407 e. The standard InChI is InChI=1S/C20H27N5O4/c1-3-8-21-20(27)29-15-6-5-14(10-15)16-11-17(25-24-16)23-18(26)9-13-4-7-19(28-2)22-12-13/h4,7,11-12,14-15H,3,5-6,8-10H2,1-2H3,(H,21,27)(H2,23,24,25,26)/t14-,15+/m1/s1. The Morgan fingerprint density at radius 2 is 2.17 bits per heavy atom. The van der Waals surface area contributed by atoms with E-state index in [0.717, 1.165) is 36.9 Å². The molecule has 0 bridgehead atoms. The van der Waals surface area contributed by atoms with Gasteiger partial charge in [0.2, 0.25) is 11.8 Å². The lowest BCUT2D eigenvalue weighted by molar-refractivity contribution is -0.115. The monoisotopic (exact) mass is 401 g/mol. The highest BCUT2D eigenvalue weighted by atomic mass is 16.6. The van der Waals surface area contributed by atoms with Gasteiger partial charge in [-0.25, -0.2) is 9.78 Å². The molecule has 0 unspecified atom stereocenters. The molecule has 0 radical (unpaired) electrons. The van der Waals surface area contributed by atoms with Gasteiger partial charge in [-0.05, 0) is 31.2 Å². The summed E-state index contributed by atoms with van der Waals surface area (Å²) in [6.07, 6.45) is 4.69. The molecule has 29 heavy (non-hydrogen) atoms. The Morgan fingerprint density at radius 3 is 2.90 bits per heavy atom. The van der Waals surface area contributed by atoms with Crippen molar-refractivity contribution in [3.8, 4) is 5.88 Å². The summed E-state index contributed by atoms with van der Waals surface area (Å²) < 4.78 is 10.5. The highest BCUT2D eigenvalue weighted by Gasteiger charge is 2.30. The van der Waals surface area contributed by atoms with Crippen LogP contribution in [-0.2, 0) is 16.0 Å². The van der Waals surface area contributed by atoms with Crippen molar-refractivity contribution in [2.75, 3.05) is 19.0 Å². The third-order valence-corrected chi connectivity index (χ3v) is 4.85. The molecule has 156 valence electrons. The molecule has 3 rings (SSSR count). The minimum atomic E-state index is -0.358. The number of H-pyrrole nitrogens is 1. The van der Waals surface area contributed by atoms with Crippen LogP contribution in [-0.4, -0.2) is 46.9 Å². The second-order valence-corrected chi connectivity index (χ2v) is 7.11. The molecule has 9 heteroatoms. The number of amides is 2. The number of aromatic amines is 1. The Morgan fingerprint density at radius 1 is 1.31 bits per heavy atom. The van der Waals surface area contributed by atoms with E-state index in [4.69, 9.17) is 9.47 Å². The predicted octanol–water partition coefficient (Wildman–Crippen LogP) is 2.77. The summed E-state index contributed by atoms with van der Waals surface area (Å²) >= 11 is 0. The normalized spacial score (nSPS) is 18.3. The first-order valence-electron chi connectivity index (χ1n) is 9.86. The number of anilines is 1. The number of ether oxygens (including phenoxy) is 2. The summed E-state index contributed by atoms with van der Waals surface area (Å²) in [4.78, 5) is 28.0. The molecule has 2 aromatic heterocycles. The summed E-state index contributed by atoms with van der Waals surface area (Å²) in [5.74, 6) is 1.04. The van der Waals surface area contributed by atoms with E-state index in [1.165, 1.54) is 0 Å². The van der Waals surface area contributed by atoms with Gasteiger partial charge in [0.15, 0.2) is 5.82 Å². The van der Waals surface area contributed by atoms with Crippen LogP contribution in [0.4, 0.5) is 10.6 Å². The Bertz CT molecular complexity index is 821. The number of hydrogen-bond donors (Lipinski definition) is 3. The van der Waals surface area contributed by atoms with Crippen molar-refractivity contribution < 1.29 is 19.1 Å². The van der Waals surface area contributed by atoms with E-state index in [2.05, 4.69) is 25.8 Å². The Balaban J connectivity index is 1.47. The first-order chi connectivity index (χ1) is 14.1. The van der Waals surface area contributed by atoms with Crippen molar-refractivity contribution >= 4 is 17.8 Å². The molecule has 2 heterocycles. The first kappa shape index (κ1) is 20.6. The van der Waals surface area contributed by atoms with Crippen molar-refractivity contribution in [3.63, 3.8) is 0 Å². The van der Waals surface area contributed by atoms with Gasteiger partial charge in [0.25, 0.3) is 0 Å². The van der Waals surface area contributed by atoms with Crippen molar-refractivity contribution in [2.45, 2.75) is 51.0 Å². The van der Waals surface area contributed by atoms with Crippen LogP contribution in [0.1, 0.15) is 49.8 Å². The largest absolute Gasteiger partial charge is 0.481 e. The number of nitrogens with one attached hydrogen (secondary N) is 3. The quantitative estimate of drug-likeness (QED) is 0.626. The molecule has 2 aromatic rings. The second-order valence-electron chi connectivity index (χ2n) is 7.11. The molecule has 1 saturated carbocycles. The van der Waals surface area contributed by atoms with Gasteiger partial charge in [0.1, 0.15) is 6.10 Å². The number of carbonyl (C=O) groups excluding carboxylic acids is 2. The molecule has 3 N–H and O–H groups in total. The van der Waals surface area contributed by atoms with Crippen molar-refractivity contribution in [2.24, 2.45) is 0 Å². The van der Waals surface area contributed by atoms with E-state index >= 15 is 0 Å². The third-order valence-electron chi connectivity index (χ3n) is 4.85. The number of alkyl carbamates (subject to hydrolysis) is 1. The summed E-state index contributed by atoms with van der Waals surface area (Å²) in [6.45, 7) is 2.61. The van der Waals surface area contributed by atoms with Gasteiger partial charge in [-0.2, -0.15) is 5.10 Å². The lowest BCUT2D eigenvalue weighted by Gasteiger charge is -2.12. The van der Waals surface area contributed by atoms with Crippen molar-refractivity contribution in [1.82, 2.24) is 20.5 Å². The minimum absolute atomic E-state index is 0.0965. The Labute approximate surface area is 169 Å².